The lowest BCUT2D eigenvalue weighted by molar-refractivity contribution is -0.134. The van der Waals surface area contributed by atoms with Crippen molar-refractivity contribution in [3.8, 4) is 5.75 Å². The van der Waals surface area contributed by atoms with Crippen molar-refractivity contribution in [1.82, 2.24) is 9.97 Å². The average molecular weight is 178 g/mol. The Bertz CT molecular complexity index is 285. The van der Waals surface area contributed by atoms with E-state index >= 15 is 0 Å². The molecular weight excluding hydrogens is 168 g/mol. The lowest BCUT2D eigenvalue weighted by Crippen LogP contribution is -2.07. The normalized spacial score (nSPS) is 9.23. The lowest BCUT2D eigenvalue weighted by Gasteiger charge is -2.00. The molecule has 13 heavy (non-hydrogen) atoms. The second-order valence-corrected chi connectivity index (χ2v) is 2.38. The molecule has 0 bridgehead atoms. The van der Waals surface area contributed by atoms with Gasteiger partial charge in [-0.3, -0.25) is 4.79 Å². The minimum absolute atomic E-state index is 0.297. The highest BCUT2D eigenvalue weighted by molar-refractivity contribution is 5.72. The molecule has 1 rings (SSSR count). The fourth-order valence-corrected chi connectivity index (χ4v) is 0.741. The van der Waals surface area contributed by atoms with E-state index in [1.807, 2.05) is 0 Å². The maximum absolute atomic E-state index is 11.0. The monoisotopic (exact) mass is 178 g/mol. The predicted molar refractivity (Wildman–Crippen MR) is 47.1 cm³/mol. The highest BCUT2D eigenvalue weighted by atomic mass is 16.5. The van der Waals surface area contributed by atoms with Gasteiger partial charge in [0.1, 0.15) is 6.33 Å². The zero-order valence-corrected chi connectivity index (χ0v) is 7.14. The average Bonchev–Trinajstić information content (AvgIpc) is 2.16. The molecule has 4 heteroatoms. The van der Waals surface area contributed by atoms with Crippen molar-refractivity contribution in [3.05, 3.63) is 31.4 Å². The number of hydrogen-bond donors (Lipinski definition) is 0. The van der Waals surface area contributed by atoms with Gasteiger partial charge in [-0.2, -0.15) is 0 Å². The molecule has 0 fully saturated rings. The molecule has 0 aromatic carbocycles. The zero-order valence-electron chi connectivity index (χ0n) is 7.14. The molecule has 0 amide bonds. The Labute approximate surface area is 76.3 Å². The summed E-state index contributed by atoms with van der Waals surface area (Å²) in [6.07, 6.45) is 6.88. The van der Waals surface area contributed by atoms with Gasteiger partial charge in [0, 0.05) is 6.42 Å². The van der Waals surface area contributed by atoms with Gasteiger partial charge in [0.15, 0.2) is 5.75 Å². The molecular formula is C9H10N2O2. The van der Waals surface area contributed by atoms with Crippen LogP contribution < -0.4 is 4.74 Å². The first-order valence-electron chi connectivity index (χ1n) is 3.89. The molecule has 1 heterocycles. The molecule has 0 atom stereocenters. The van der Waals surface area contributed by atoms with Crippen LogP contribution in [-0.2, 0) is 4.79 Å². The summed E-state index contributed by atoms with van der Waals surface area (Å²) in [6, 6.07) is 0. The molecule has 0 radical (unpaired) electrons. The van der Waals surface area contributed by atoms with Crippen LogP contribution in [-0.4, -0.2) is 15.9 Å². The Balaban J connectivity index is 2.41. The second-order valence-electron chi connectivity index (χ2n) is 2.38. The van der Waals surface area contributed by atoms with E-state index in [1.54, 1.807) is 6.08 Å². The fraction of sp³-hybridized carbons (Fsp3) is 0.222. The van der Waals surface area contributed by atoms with Crippen molar-refractivity contribution in [2.45, 2.75) is 12.8 Å². The topological polar surface area (TPSA) is 52.1 Å². The number of nitrogens with zero attached hydrogens (tertiary/aromatic N) is 2. The van der Waals surface area contributed by atoms with Crippen molar-refractivity contribution in [1.29, 1.82) is 0 Å². The summed E-state index contributed by atoms with van der Waals surface area (Å²) < 4.78 is 4.90. The molecule has 0 N–H and O–H groups in total. The minimum Gasteiger partial charge on any atom is -0.423 e. The smallest absolute Gasteiger partial charge is 0.311 e. The Hall–Kier alpha value is -1.71. The number of allylic oxidation sites excluding steroid dienone is 1. The van der Waals surface area contributed by atoms with Crippen LogP contribution in [0.4, 0.5) is 0 Å². The van der Waals surface area contributed by atoms with Crippen molar-refractivity contribution in [2.75, 3.05) is 0 Å². The lowest BCUT2D eigenvalue weighted by atomic mass is 10.3. The van der Waals surface area contributed by atoms with E-state index in [4.69, 9.17) is 4.74 Å². The highest BCUT2D eigenvalue weighted by Gasteiger charge is 2.02. The molecule has 0 saturated carbocycles. The second kappa shape index (κ2) is 5.03. The molecule has 68 valence electrons. The molecule has 0 aliphatic heterocycles. The molecule has 4 nitrogen and oxygen atoms in total. The Morgan fingerprint density at radius 3 is 2.85 bits per heavy atom. The van der Waals surface area contributed by atoms with Gasteiger partial charge in [0.25, 0.3) is 0 Å². The van der Waals surface area contributed by atoms with E-state index in [0.29, 0.717) is 18.6 Å². The van der Waals surface area contributed by atoms with Gasteiger partial charge >= 0.3 is 5.97 Å². The number of ether oxygens (including phenoxy) is 1. The van der Waals surface area contributed by atoms with Crippen LogP contribution in [0.5, 0.6) is 5.75 Å². The number of carbonyl (C=O) groups is 1. The van der Waals surface area contributed by atoms with Crippen LogP contribution in [0, 0.1) is 0 Å². The van der Waals surface area contributed by atoms with Crippen LogP contribution in [0.15, 0.2) is 31.4 Å². The molecule has 1 aromatic rings. The van der Waals surface area contributed by atoms with Crippen molar-refractivity contribution < 1.29 is 9.53 Å². The number of carbonyl (C=O) groups excluding carboxylic acids is 1. The van der Waals surface area contributed by atoms with E-state index < -0.39 is 0 Å². The van der Waals surface area contributed by atoms with Crippen LogP contribution in [0.1, 0.15) is 12.8 Å². The van der Waals surface area contributed by atoms with E-state index in [9.17, 15) is 4.79 Å². The summed E-state index contributed by atoms with van der Waals surface area (Å²) in [5.74, 6) is 0.0752. The quantitative estimate of drug-likeness (QED) is 0.515. The molecule has 0 unspecified atom stereocenters. The fourth-order valence-electron chi connectivity index (χ4n) is 0.741. The van der Waals surface area contributed by atoms with Gasteiger partial charge in [-0.15, -0.1) is 6.58 Å². The van der Waals surface area contributed by atoms with E-state index in [-0.39, 0.29) is 5.97 Å². The van der Waals surface area contributed by atoms with Gasteiger partial charge in [-0.05, 0) is 6.42 Å². The third-order valence-electron chi connectivity index (χ3n) is 1.32. The van der Waals surface area contributed by atoms with Crippen LogP contribution in [0.3, 0.4) is 0 Å². The SMILES string of the molecule is C=CCCC(=O)Oc1cncnc1. The van der Waals surface area contributed by atoms with Crippen LogP contribution >= 0.6 is 0 Å². The van der Waals surface area contributed by atoms with Gasteiger partial charge < -0.3 is 4.74 Å². The maximum Gasteiger partial charge on any atom is 0.311 e. The number of esters is 1. The number of aromatic nitrogens is 2. The molecule has 1 aromatic heterocycles. The summed E-state index contributed by atoms with van der Waals surface area (Å²) in [4.78, 5) is 18.5. The number of rotatable bonds is 4. The summed E-state index contributed by atoms with van der Waals surface area (Å²) >= 11 is 0. The standard InChI is InChI=1S/C9H10N2O2/c1-2-3-4-9(12)13-8-5-10-7-11-6-8/h2,5-7H,1,3-4H2. The van der Waals surface area contributed by atoms with Gasteiger partial charge in [-0.1, -0.05) is 6.08 Å². The van der Waals surface area contributed by atoms with E-state index in [1.165, 1.54) is 18.7 Å². The Morgan fingerprint density at radius 1 is 1.54 bits per heavy atom. The van der Waals surface area contributed by atoms with Crippen molar-refractivity contribution >= 4 is 5.97 Å². The van der Waals surface area contributed by atoms with Crippen molar-refractivity contribution in [3.63, 3.8) is 0 Å². The first-order valence-corrected chi connectivity index (χ1v) is 3.89. The minimum atomic E-state index is -0.297. The summed E-state index contributed by atoms with van der Waals surface area (Å²) in [6.45, 7) is 3.51. The summed E-state index contributed by atoms with van der Waals surface area (Å²) in [7, 11) is 0. The van der Waals surface area contributed by atoms with Gasteiger partial charge in [-0.25, -0.2) is 9.97 Å². The first-order chi connectivity index (χ1) is 6.33. The van der Waals surface area contributed by atoms with Crippen LogP contribution in [0.2, 0.25) is 0 Å². The first kappa shape index (κ1) is 9.38. The maximum atomic E-state index is 11.0. The largest absolute Gasteiger partial charge is 0.423 e. The van der Waals surface area contributed by atoms with E-state index in [0.717, 1.165) is 0 Å². The molecule has 0 aliphatic rings. The van der Waals surface area contributed by atoms with Crippen molar-refractivity contribution in [2.24, 2.45) is 0 Å². The van der Waals surface area contributed by atoms with E-state index in [2.05, 4.69) is 16.5 Å². The number of hydrogen-bond acceptors (Lipinski definition) is 4. The summed E-state index contributed by atoms with van der Waals surface area (Å²) in [5, 5.41) is 0. The third-order valence-corrected chi connectivity index (χ3v) is 1.32. The third kappa shape index (κ3) is 3.46. The molecule has 0 aliphatic carbocycles. The highest BCUT2D eigenvalue weighted by Crippen LogP contribution is 2.05. The zero-order chi connectivity index (χ0) is 9.52. The van der Waals surface area contributed by atoms with Gasteiger partial charge in [0.05, 0.1) is 12.4 Å². The van der Waals surface area contributed by atoms with Gasteiger partial charge in [0.2, 0.25) is 0 Å². The summed E-state index contributed by atoms with van der Waals surface area (Å²) in [5.41, 5.74) is 0. The Morgan fingerprint density at radius 2 is 2.23 bits per heavy atom. The molecule has 0 saturated heterocycles. The molecule has 0 spiro atoms. The predicted octanol–water partition coefficient (Wildman–Crippen LogP) is 1.35. The Kier molecular flexibility index (Phi) is 3.63. The van der Waals surface area contributed by atoms with Crippen LogP contribution in [0.25, 0.3) is 0 Å².